The van der Waals surface area contributed by atoms with E-state index in [1.807, 2.05) is 0 Å². The van der Waals surface area contributed by atoms with E-state index in [4.69, 9.17) is 47.4 Å². The smallest absolute Gasteiger partial charge is 0.333 e. The molecule has 0 N–H and O–H groups in total. The lowest BCUT2D eigenvalue weighted by atomic mass is 9.82. The number of fused-ring (bicyclic) bond motifs is 3. The van der Waals surface area contributed by atoms with Gasteiger partial charge in [-0.3, -0.25) is 28.8 Å². The Hall–Kier alpha value is -8.95. The van der Waals surface area contributed by atoms with Gasteiger partial charge in [0.25, 0.3) is 0 Å². The van der Waals surface area contributed by atoms with Gasteiger partial charge >= 0.3 is 41.8 Å². The van der Waals surface area contributed by atoms with Crippen LogP contribution in [0.25, 0.3) is 10.8 Å². The van der Waals surface area contributed by atoms with E-state index in [2.05, 4.69) is 19.7 Å². The average molecular weight is 1140 g/mol. The molecule has 1 heterocycles. The summed E-state index contributed by atoms with van der Waals surface area (Å²) >= 11 is 2.15. The largest absolute Gasteiger partial charge is 0.457 e. The standard InChI is InChI=1S/C60H50O19S2/c1-4-46(61)73-30-70-37-23-25-38(26-24-37)76-56(66)33-15-19-35(20-16-33)58(68)78-52-42-13-9-10-14-43(42)53(55-54(52)80-60(81-55)49-50(64)40-11-7-8-12-41(40)51(49)65)79-59(69)36-21-17-34(18-22-36)57(67)77-39-27-28-44(71-31-74-47(62)5-2)45(29-39)72-32-75-48(63)6-3/h4-14,23-29,33-36H,1-3,15-22,30-32H2. The first kappa shape index (κ1) is 56.8. The lowest BCUT2D eigenvalue weighted by molar-refractivity contribution is -0.146. The molecule has 0 amide bonds. The third-order valence-electron chi connectivity index (χ3n) is 13.6. The number of ether oxygens (including phenoxy) is 10. The van der Waals surface area contributed by atoms with Crippen molar-refractivity contribution in [3.63, 3.8) is 0 Å². The van der Waals surface area contributed by atoms with Gasteiger partial charge in [0.15, 0.2) is 34.6 Å². The fourth-order valence-corrected chi connectivity index (χ4v) is 12.1. The number of hydrogen-bond donors (Lipinski definition) is 0. The van der Waals surface area contributed by atoms with Gasteiger partial charge in [0, 0.05) is 46.2 Å². The zero-order chi connectivity index (χ0) is 57.2. The molecule has 5 aromatic rings. The normalized spacial score (nSPS) is 18.0. The van der Waals surface area contributed by atoms with Crippen molar-refractivity contribution in [3.8, 4) is 40.2 Å². The molecule has 0 saturated heterocycles. The van der Waals surface area contributed by atoms with Gasteiger partial charge in [0.05, 0.1) is 43.3 Å². The van der Waals surface area contributed by atoms with Crippen LogP contribution in [-0.4, -0.2) is 73.7 Å². The Morgan fingerprint density at radius 2 is 0.815 bits per heavy atom. The molecule has 4 aliphatic rings. The van der Waals surface area contributed by atoms with Crippen molar-refractivity contribution in [3.05, 3.63) is 150 Å². The summed E-state index contributed by atoms with van der Waals surface area (Å²) in [6.07, 6.45) is 5.27. The van der Waals surface area contributed by atoms with Crippen molar-refractivity contribution in [2.24, 2.45) is 23.7 Å². The monoisotopic (exact) mass is 1140 g/mol. The van der Waals surface area contributed by atoms with Gasteiger partial charge in [-0.15, -0.1) is 0 Å². The van der Waals surface area contributed by atoms with E-state index in [0.717, 1.165) is 41.8 Å². The first-order valence-electron chi connectivity index (χ1n) is 25.5. The third kappa shape index (κ3) is 13.2. The van der Waals surface area contributed by atoms with Crippen LogP contribution in [0.5, 0.6) is 40.2 Å². The van der Waals surface area contributed by atoms with E-state index in [1.54, 1.807) is 72.8 Å². The summed E-state index contributed by atoms with van der Waals surface area (Å²) in [7, 11) is 0. The van der Waals surface area contributed by atoms with Gasteiger partial charge in [-0.05, 0) is 87.8 Å². The average Bonchev–Trinajstić information content (AvgIpc) is 4.26. The molecule has 0 aromatic heterocycles. The molecule has 0 unspecified atom stereocenters. The minimum Gasteiger partial charge on any atom is -0.457 e. The van der Waals surface area contributed by atoms with Crippen molar-refractivity contribution < 1.29 is 90.5 Å². The van der Waals surface area contributed by atoms with Crippen molar-refractivity contribution in [2.45, 2.75) is 61.2 Å². The second-order valence-corrected chi connectivity index (χ2v) is 20.9. The van der Waals surface area contributed by atoms with Gasteiger partial charge in [0.1, 0.15) is 17.2 Å². The first-order chi connectivity index (χ1) is 39.2. The van der Waals surface area contributed by atoms with Crippen molar-refractivity contribution in [2.75, 3.05) is 20.4 Å². The molecule has 9 rings (SSSR count). The summed E-state index contributed by atoms with van der Waals surface area (Å²) in [6, 6.07) is 23.8. The summed E-state index contributed by atoms with van der Waals surface area (Å²) in [6.45, 7) is 8.62. The number of rotatable bonds is 20. The molecule has 0 atom stereocenters. The molecule has 21 heteroatoms. The van der Waals surface area contributed by atoms with Crippen LogP contribution in [0.1, 0.15) is 72.1 Å². The molecule has 2 saturated carbocycles. The molecule has 0 radical (unpaired) electrons. The topological polar surface area (TPSA) is 246 Å². The molecular formula is C60H50O19S2. The number of carbonyl (C=O) groups is 9. The summed E-state index contributed by atoms with van der Waals surface area (Å²) < 4.78 is 55.4. The number of Topliss-reactive ketones (excluding diaryl/α,β-unsaturated/α-hetero) is 2. The van der Waals surface area contributed by atoms with Gasteiger partial charge < -0.3 is 47.4 Å². The summed E-state index contributed by atoms with van der Waals surface area (Å²) in [5, 5.41) is 0.856. The highest BCUT2D eigenvalue weighted by molar-refractivity contribution is 8.25. The van der Waals surface area contributed by atoms with Crippen LogP contribution in [0.4, 0.5) is 0 Å². The third-order valence-corrected chi connectivity index (χ3v) is 16.2. The Balaban J connectivity index is 0.885. The van der Waals surface area contributed by atoms with Crippen LogP contribution in [0.2, 0.25) is 0 Å². The summed E-state index contributed by atoms with van der Waals surface area (Å²) in [5.74, 6) is -6.45. The molecular weight excluding hydrogens is 1090 g/mol. The lowest BCUT2D eigenvalue weighted by Gasteiger charge is -2.27. The maximum absolute atomic E-state index is 14.3. The van der Waals surface area contributed by atoms with Gasteiger partial charge in [-0.2, -0.15) is 0 Å². The van der Waals surface area contributed by atoms with Crippen LogP contribution in [0.15, 0.2) is 149 Å². The summed E-state index contributed by atoms with van der Waals surface area (Å²) in [4.78, 5) is 118. The Morgan fingerprint density at radius 3 is 1.26 bits per heavy atom. The fourth-order valence-electron chi connectivity index (χ4n) is 9.38. The van der Waals surface area contributed by atoms with E-state index < -0.39 is 90.6 Å². The van der Waals surface area contributed by atoms with Crippen LogP contribution < -0.4 is 33.2 Å². The highest BCUT2D eigenvalue weighted by Crippen LogP contribution is 2.62. The number of esters is 7. The number of ketones is 2. The SMILES string of the molecule is C=CC(=O)OCOc1ccc(OC(=O)C2CCC(C(=O)Oc3c4c(c(OC(=O)C5CCC(C(=O)Oc6ccc(OCOC(=O)C=C)c(OCOC(=O)C=C)c6)CC5)c5ccccc35)SC(=C3C(=O)c5ccccc5C3=O)S4)CC2)cc1. The number of benzene rings is 5. The number of hydrogen-bond acceptors (Lipinski definition) is 21. The van der Waals surface area contributed by atoms with Crippen molar-refractivity contribution in [1.29, 1.82) is 0 Å². The number of carbonyl (C=O) groups excluding carboxylic acids is 9. The molecule has 19 nitrogen and oxygen atoms in total. The molecule has 81 heavy (non-hydrogen) atoms. The zero-order valence-electron chi connectivity index (χ0n) is 43.2. The van der Waals surface area contributed by atoms with E-state index in [1.165, 1.54) is 18.2 Å². The maximum Gasteiger partial charge on any atom is 0.333 e. The van der Waals surface area contributed by atoms with E-state index in [0.29, 0.717) is 56.2 Å². The molecule has 1 aliphatic heterocycles. The second-order valence-electron chi connectivity index (χ2n) is 18.6. The van der Waals surface area contributed by atoms with Crippen LogP contribution >= 0.6 is 23.5 Å². The quantitative estimate of drug-likeness (QED) is 0.0176. The van der Waals surface area contributed by atoms with Crippen molar-refractivity contribution in [1.82, 2.24) is 0 Å². The Kier molecular flexibility index (Phi) is 18.1. The molecule has 0 spiro atoms. The second kappa shape index (κ2) is 25.9. The molecule has 2 fully saturated rings. The predicted molar refractivity (Wildman–Crippen MR) is 289 cm³/mol. The van der Waals surface area contributed by atoms with E-state index in [9.17, 15) is 43.2 Å². The van der Waals surface area contributed by atoms with Crippen LogP contribution in [0, 0.1) is 23.7 Å². The highest BCUT2D eigenvalue weighted by Gasteiger charge is 2.42. The first-order valence-corrected chi connectivity index (χ1v) is 27.1. The highest BCUT2D eigenvalue weighted by atomic mass is 32.2. The predicted octanol–water partition coefficient (Wildman–Crippen LogP) is 10.2. The number of allylic oxidation sites excluding steroid dienone is 1. The van der Waals surface area contributed by atoms with Gasteiger partial charge in [-0.25, -0.2) is 14.4 Å². The molecule has 416 valence electrons. The van der Waals surface area contributed by atoms with Crippen molar-refractivity contribution >= 4 is 87.6 Å². The lowest BCUT2D eigenvalue weighted by Crippen LogP contribution is -2.30. The van der Waals surface area contributed by atoms with E-state index in [-0.39, 0.29) is 83.7 Å². The van der Waals surface area contributed by atoms with Crippen LogP contribution in [-0.2, 0) is 47.8 Å². The molecule has 3 aliphatic carbocycles. The summed E-state index contributed by atoms with van der Waals surface area (Å²) in [5.41, 5.74) is 0.461. The Bertz CT molecular complexity index is 3380. The van der Waals surface area contributed by atoms with E-state index >= 15 is 0 Å². The van der Waals surface area contributed by atoms with Gasteiger partial charge in [0.2, 0.25) is 20.4 Å². The van der Waals surface area contributed by atoms with Crippen LogP contribution in [0.3, 0.4) is 0 Å². The minimum atomic E-state index is -0.753. The maximum atomic E-state index is 14.3. The number of thioether (sulfide) groups is 2. The Morgan fingerprint density at radius 1 is 0.444 bits per heavy atom. The zero-order valence-corrected chi connectivity index (χ0v) is 44.8. The Labute approximate surface area is 471 Å². The van der Waals surface area contributed by atoms with Gasteiger partial charge in [-0.1, -0.05) is 91.8 Å². The minimum absolute atomic E-state index is 0.00384. The molecule has 5 aromatic carbocycles. The molecule has 0 bridgehead atoms. The fraction of sp³-hybridized carbons (Fsp3) is 0.250.